The second kappa shape index (κ2) is 2.48. The molecule has 0 bridgehead atoms. The van der Waals surface area contributed by atoms with E-state index in [2.05, 4.69) is 5.32 Å². The van der Waals surface area contributed by atoms with Crippen molar-refractivity contribution in [1.29, 1.82) is 0 Å². The zero-order valence-corrected chi connectivity index (χ0v) is 5.98. The first-order valence-electron chi connectivity index (χ1n) is 3.46. The minimum atomic E-state index is 0.0671. The number of nitrogens with one attached hydrogen (secondary N) is 1. The molecular weight excluding hydrogens is 114 g/mol. The lowest BCUT2D eigenvalue weighted by Crippen LogP contribution is -2.33. The van der Waals surface area contributed by atoms with Crippen molar-refractivity contribution in [3.63, 3.8) is 0 Å². The van der Waals surface area contributed by atoms with Gasteiger partial charge < -0.3 is 5.32 Å². The van der Waals surface area contributed by atoms with Crippen LogP contribution in [0.2, 0.25) is 0 Å². The van der Waals surface area contributed by atoms with E-state index in [4.69, 9.17) is 0 Å². The van der Waals surface area contributed by atoms with E-state index in [0.717, 1.165) is 0 Å². The van der Waals surface area contributed by atoms with Gasteiger partial charge in [-0.3, -0.25) is 4.79 Å². The SMILES string of the molecule is CC(=O)C(C)NC1CC1. The Hall–Kier alpha value is -0.370. The van der Waals surface area contributed by atoms with Gasteiger partial charge in [-0.15, -0.1) is 0 Å². The van der Waals surface area contributed by atoms with Crippen LogP contribution in [0.1, 0.15) is 26.7 Å². The van der Waals surface area contributed by atoms with Crippen LogP contribution in [0.4, 0.5) is 0 Å². The smallest absolute Gasteiger partial charge is 0.146 e. The fourth-order valence-electron chi connectivity index (χ4n) is 0.721. The van der Waals surface area contributed by atoms with Crippen LogP contribution in [0.25, 0.3) is 0 Å². The van der Waals surface area contributed by atoms with Gasteiger partial charge in [-0.1, -0.05) is 0 Å². The summed E-state index contributed by atoms with van der Waals surface area (Å²) in [5.41, 5.74) is 0. The van der Waals surface area contributed by atoms with Gasteiger partial charge in [0.15, 0.2) is 0 Å². The topological polar surface area (TPSA) is 29.1 Å². The Morgan fingerprint density at radius 2 is 2.22 bits per heavy atom. The van der Waals surface area contributed by atoms with Crippen molar-refractivity contribution in [3.05, 3.63) is 0 Å². The molecule has 1 N–H and O–H groups in total. The molecule has 0 aliphatic heterocycles. The molecule has 0 spiro atoms. The number of carbonyl (C=O) groups is 1. The van der Waals surface area contributed by atoms with Crippen molar-refractivity contribution < 1.29 is 4.79 Å². The van der Waals surface area contributed by atoms with Crippen LogP contribution in [0, 0.1) is 0 Å². The van der Waals surface area contributed by atoms with Crippen molar-refractivity contribution in [2.45, 2.75) is 38.8 Å². The van der Waals surface area contributed by atoms with E-state index in [1.807, 2.05) is 6.92 Å². The van der Waals surface area contributed by atoms with Crippen molar-refractivity contribution in [2.75, 3.05) is 0 Å². The van der Waals surface area contributed by atoms with Gasteiger partial charge in [0, 0.05) is 6.04 Å². The molecule has 0 radical (unpaired) electrons. The van der Waals surface area contributed by atoms with Gasteiger partial charge in [0.25, 0.3) is 0 Å². The highest BCUT2D eigenvalue weighted by atomic mass is 16.1. The molecule has 9 heavy (non-hydrogen) atoms. The molecule has 2 nitrogen and oxygen atoms in total. The maximum absolute atomic E-state index is 10.6. The zero-order chi connectivity index (χ0) is 6.85. The molecule has 1 aliphatic carbocycles. The average molecular weight is 127 g/mol. The van der Waals surface area contributed by atoms with Gasteiger partial charge in [0.1, 0.15) is 5.78 Å². The lowest BCUT2D eigenvalue weighted by Gasteiger charge is -2.07. The molecule has 1 rings (SSSR count). The van der Waals surface area contributed by atoms with Crippen molar-refractivity contribution in [1.82, 2.24) is 5.32 Å². The summed E-state index contributed by atoms with van der Waals surface area (Å²) < 4.78 is 0. The molecule has 2 heteroatoms. The molecule has 1 fully saturated rings. The summed E-state index contributed by atoms with van der Waals surface area (Å²) in [5, 5.41) is 3.20. The predicted octanol–water partition coefficient (Wildman–Crippen LogP) is 0.716. The quantitative estimate of drug-likeness (QED) is 0.605. The summed E-state index contributed by atoms with van der Waals surface area (Å²) in [6.07, 6.45) is 2.50. The molecular formula is C7H13NO. The molecule has 0 aromatic rings. The third-order valence-corrected chi connectivity index (χ3v) is 1.67. The number of Topliss-reactive ketones (excluding diaryl/α,β-unsaturated/α-hetero) is 1. The summed E-state index contributed by atoms with van der Waals surface area (Å²) in [7, 11) is 0. The Balaban J connectivity index is 2.16. The maximum atomic E-state index is 10.6. The summed E-state index contributed by atoms with van der Waals surface area (Å²) in [5.74, 6) is 0.238. The number of ketones is 1. The Bertz CT molecular complexity index is 118. The van der Waals surface area contributed by atoms with Crippen LogP contribution >= 0.6 is 0 Å². The third-order valence-electron chi connectivity index (χ3n) is 1.67. The van der Waals surface area contributed by atoms with Crippen molar-refractivity contribution in [2.24, 2.45) is 0 Å². The van der Waals surface area contributed by atoms with Crippen LogP contribution in [0.3, 0.4) is 0 Å². The lowest BCUT2D eigenvalue weighted by molar-refractivity contribution is -0.118. The number of carbonyl (C=O) groups excluding carboxylic acids is 1. The van der Waals surface area contributed by atoms with E-state index in [1.165, 1.54) is 12.8 Å². The largest absolute Gasteiger partial charge is 0.305 e. The van der Waals surface area contributed by atoms with Gasteiger partial charge in [-0.25, -0.2) is 0 Å². The Kier molecular flexibility index (Phi) is 1.86. The van der Waals surface area contributed by atoms with Crippen LogP contribution in [0.5, 0.6) is 0 Å². The first kappa shape index (κ1) is 6.75. The highest BCUT2D eigenvalue weighted by Crippen LogP contribution is 2.19. The summed E-state index contributed by atoms with van der Waals surface area (Å²) in [6, 6.07) is 0.710. The van der Waals surface area contributed by atoms with E-state index < -0.39 is 0 Å². The number of hydrogen-bond acceptors (Lipinski definition) is 2. The monoisotopic (exact) mass is 127 g/mol. The van der Waals surface area contributed by atoms with Crippen LogP contribution in [0.15, 0.2) is 0 Å². The summed E-state index contributed by atoms with van der Waals surface area (Å²) in [6.45, 7) is 3.54. The maximum Gasteiger partial charge on any atom is 0.146 e. The molecule has 0 aromatic heterocycles. The third kappa shape index (κ3) is 2.14. The Morgan fingerprint density at radius 3 is 2.56 bits per heavy atom. The average Bonchev–Trinajstić information content (AvgIpc) is 2.50. The Labute approximate surface area is 55.6 Å². The molecule has 0 aromatic carbocycles. The van der Waals surface area contributed by atoms with E-state index in [1.54, 1.807) is 6.92 Å². The van der Waals surface area contributed by atoms with E-state index >= 15 is 0 Å². The van der Waals surface area contributed by atoms with Crippen molar-refractivity contribution in [3.8, 4) is 0 Å². The fraction of sp³-hybridized carbons (Fsp3) is 0.857. The van der Waals surface area contributed by atoms with Gasteiger partial charge in [-0.05, 0) is 26.7 Å². The minimum Gasteiger partial charge on any atom is -0.305 e. The van der Waals surface area contributed by atoms with Crippen molar-refractivity contribution >= 4 is 5.78 Å². The molecule has 0 saturated heterocycles. The summed E-state index contributed by atoms with van der Waals surface area (Å²) >= 11 is 0. The molecule has 1 saturated carbocycles. The van der Waals surface area contributed by atoms with Crippen LogP contribution < -0.4 is 5.32 Å². The Morgan fingerprint density at radius 1 is 1.67 bits per heavy atom. The van der Waals surface area contributed by atoms with E-state index in [-0.39, 0.29) is 11.8 Å². The molecule has 1 atom stereocenters. The lowest BCUT2D eigenvalue weighted by atomic mass is 10.2. The number of hydrogen-bond donors (Lipinski definition) is 1. The molecule has 52 valence electrons. The van der Waals surface area contributed by atoms with Gasteiger partial charge in [0.05, 0.1) is 6.04 Å². The normalized spacial score (nSPS) is 21.6. The highest BCUT2D eigenvalue weighted by Gasteiger charge is 2.23. The first-order chi connectivity index (χ1) is 4.20. The fourth-order valence-corrected chi connectivity index (χ4v) is 0.721. The van der Waals surface area contributed by atoms with E-state index in [9.17, 15) is 4.79 Å². The molecule has 0 heterocycles. The van der Waals surface area contributed by atoms with Crippen LogP contribution in [-0.2, 0) is 4.79 Å². The van der Waals surface area contributed by atoms with Gasteiger partial charge in [-0.2, -0.15) is 0 Å². The molecule has 1 aliphatic rings. The number of rotatable bonds is 3. The second-order valence-electron chi connectivity index (χ2n) is 2.77. The van der Waals surface area contributed by atoms with Gasteiger partial charge in [0.2, 0.25) is 0 Å². The summed E-state index contributed by atoms with van der Waals surface area (Å²) in [4.78, 5) is 10.6. The molecule has 1 unspecified atom stereocenters. The highest BCUT2D eigenvalue weighted by molar-refractivity contribution is 5.80. The van der Waals surface area contributed by atoms with E-state index in [0.29, 0.717) is 6.04 Å². The first-order valence-corrected chi connectivity index (χ1v) is 3.46. The molecule has 0 amide bonds. The zero-order valence-electron chi connectivity index (χ0n) is 5.98. The van der Waals surface area contributed by atoms with Crippen LogP contribution in [-0.4, -0.2) is 17.9 Å². The predicted molar refractivity (Wildman–Crippen MR) is 36.3 cm³/mol. The minimum absolute atomic E-state index is 0.0671. The van der Waals surface area contributed by atoms with Gasteiger partial charge >= 0.3 is 0 Å². The second-order valence-corrected chi connectivity index (χ2v) is 2.77. The standard InChI is InChI=1S/C7H13NO/c1-5(6(2)9)8-7-3-4-7/h5,7-8H,3-4H2,1-2H3.